The van der Waals surface area contributed by atoms with Gasteiger partial charge in [0, 0.05) is 24.0 Å². The maximum atomic E-state index is 12.8. The number of carbonyl (C=O) groups is 1. The van der Waals surface area contributed by atoms with Crippen molar-refractivity contribution in [3.8, 4) is 12.3 Å². The molecule has 0 aromatic heterocycles. The summed E-state index contributed by atoms with van der Waals surface area (Å²) in [6, 6.07) is 18.3. The number of nitrogens with one attached hydrogen (secondary N) is 1. The maximum Gasteiger partial charge on any atom is 0.271 e. The SMILES string of the molecule is CCN1C=C(c2ccccc2)N(C#N)C(Nc2ccc(C#N)cc2)C1=O. The van der Waals surface area contributed by atoms with E-state index in [2.05, 4.69) is 17.6 Å². The Labute approximate surface area is 152 Å². The molecule has 1 amide bonds. The van der Waals surface area contributed by atoms with Gasteiger partial charge in [-0.3, -0.25) is 4.79 Å². The second-order valence-electron chi connectivity index (χ2n) is 5.71. The molecule has 1 atom stereocenters. The third kappa shape index (κ3) is 3.22. The highest BCUT2D eigenvalue weighted by Gasteiger charge is 2.35. The molecule has 1 unspecified atom stereocenters. The van der Waals surface area contributed by atoms with Crippen LogP contribution in [-0.2, 0) is 4.79 Å². The molecule has 26 heavy (non-hydrogen) atoms. The Kier molecular flexibility index (Phi) is 4.87. The first-order valence-electron chi connectivity index (χ1n) is 8.21. The topological polar surface area (TPSA) is 83.2 Å². The number of anilines is 1. The molecule has 1 N–H and O–H groups in total. The summed E-state index contributed by atoms with van der Waals surface area (Å²) in [4.78, 5) is 15.8. The van der Waals surface area contributed by atoms with Gasteiger partial charge >= 0.3 is 0 Å². The molecule has 0 fully saturated rings. The first-order valence-corrected chi connectivity index (χ1v) is 8.21. The molecule has 2 aromatic carbocycles. The van der Waals surface area contributed by atoms with E-state index < -0.39 is 6.17 Å². The Morgan fingerprint density at radius 2 is 1.77 bits per heavy atom. The van der Waals surface area contributed by atoms with E-state index in [1.807, 2.05) is 37.3 Å². The zero-order chi connectivity index (χ0) is 18.5. The van der Waals surface area contributed by atoms with Crippen LogP contribution in [0.15, 0.2) is 60.8 Å². The van der Waals surface area contributed by atoms with Gasteiger partial charge in [0.05, 0.1) is 17.3 Å². The van der Waals surface area contributed by atoms with Crippen LogP contribution in [0.1, 0.15) is 18.1 Å². The smallest absolute Gasteiger partial charge is 0.271 e. The summed E-state index contributed by atoms with van der Waals surface area (Å²) >= 11 is 0. The van der Waals surface area contributed by atoms with E-state index in [-0.39, 0.29) is 5.91 Å². The van der Waals surface area contributed by atoms with Crippen LogP contribution in [-0.4, -0.2) is 28.4 Å². The predicted octanol–water partition coefficient (Wildman–Crippen LogP) is 2.94. The van der Waals surface area contributed by atoms with Gasteiger partial charge in [0.1, 0.15) is 0 Å². The summed E-state index contributed by atoms with van der Waals surface area (Å²) in [5.74, 6) is -0.210. The van der Waals surface area contributed by atoms with Crippen LogP contribution in [0.5, 0.6) is 0 Å². The van der Waals surface area contributed by atoms with Crippen molar-refractivity contribution in [1.29, 1.82) is 10.5 Å². The van der Waals surface area contributed by atoms with Crippen molar-refractivity contribution in [2.24, 2.45) is 0 Å². The van der Waals surface area contributed by atoms with Crippen molar-refractivity contribution in [3.05, 3.63) is 71.9 Å². The average molecular weight is 343 g/mol. The maximum absolute atomic E-state index is 12.8. The molecular formula is C20H17N5O. The van der Waals surface area contributed by atoms with Gasteiger partial charge in [-0.15, -0.1) is 0 Å². The van der Waals surface area contributed by atoms with E-state index in [9.17, 15) is 10.1 Å². The van der Waals surface area contributed by atoms with Gasteiger partial charge in [0.15, 0.2) is 12.4 Å². The predicted molar refractivity (Wildman–Crippen MR) is 97.8 cm³/mol. The van der Waals surface area contributed by atoms with Gasteiger partial charge in [0.25, 0.3) is 5.91 Å². The van der Waals surface area contributed by atoms with Crippen molar-refractivity contribution in [3.63, 3.8) is 0 Å². The fraction of sp³-hybridized carbons (Fsp3) is 0.150. The molecule has 1 aliphatic rings. The molecule has 6 heteroatoms. The van der Waals surface area contributed by atoms with Crippen LogP contribution < -0.4 is 5.32 Å². The van der Waals surface area contributed by atoms with E-state index >= 15 is 0 Å². The monoisotopic (exact) mass is 343 g/mol. The summed E-state index contributed by atoms with van der Waals surface area (Å²) in [6.07, 6.45) is 2.98. The van der Waals surface area contributed by atoms with Crippen LogP contribution in [0.3, 0.4) is 0 Å². The van der Waals surface area contributed by atoms with Crippen LogP contribution in [0.25, 0.3) is 5.70 Å². The molecular weight excluding hydrogens is 326 g/mol. The number of amides is 1. The number of nitrogens with zero attached hydrogens (tertiary/aromatic N) is 4. The molecule has 1 heterocycles. The third-order valence-electron chi connectivity index (χ3n) is 4.15. The lowest BCUT2D eigenvalue weighted by molar-refractivity contribution is -0.132. The van der Waals surface area contributed by atoms with Crippen LogP contribution in [0.2, 0.25) is 0 Å². The standard InChI is InChI=1S/C20H17N5O/c1-2-24-13-18(16-6-4-3-5-7-16)25(14-22)19(20(24)26)23-17-10-8-15(12-21)9-11-17/h3-11,13,19,23H,2H2,1H3. The number of hydrogen-bond acceptors (Lipinski definition) is 5. The second-order valence-corrected chi connectivity index (χ2v) is 5.71. The molecule has 128 valence electrons. The van der Waals surface area contributed by atoms with E-state index in [0.29, 0.717) is 23.5 Å². The summed E-state index contributed by atoms with van der Waals surface area (Å²) in [7, 11) is 0. The quantitative estimate of drug-likeness (QED) is 0.863. The van der Waals surface area contributed by atoms with Crippen LogP contribution in [0, 0.1) is 22.8 Å². The van der Waals surface area contributed by atoms with Crippen molar-refractivity contribution in [1.82, 2.24) is 9.80 Å². The molecule has 0 aliphatic carbocycles. The number of rotatable bonds is 4. The Balaban J connectivity index is 1.98. The van der Waals surface area contributed by atoms with Gasteiger partial charge in [0.2, 0.25) is 0 Å². The fourth-order valence-corrected chi connectivity index (χ4v) is 2.79. The summed E-state index contributed by atoms with van der Waals surface area (Å²) in [6.45, 7) is 2.39. The largest absolute Gasteiger partial charge is 0.357 e. The summed E-state index contributed by atoms with van der Waals surface area (Å²) in [5.41, 5.74) is 2.70. The van der Waals surface area contributed by atoms with Crippen LogP contribution in [0.4, 0.5) is 5.69 Å². The number of benzene rings is 2. The van der Waals surface area contributed by atoms with Gasteiger partial charge < -0.3 is 10.2 Å². The first-order chi connectivity index (χ1) is 12.7. The number of hydrogen-bond donors (Lipinski definition) is 1. The average Bonchev–Trinajstić information content (AvgIpc) is 2.70. The minimum absolute atomic E-state index is 0.210. The summed E-state index contributed by atoms with van der Waals surface area (Å²) in [5, 5.41) is 21.7. The lowest BCUT2D eigenvalue weighted by Crippen LogP contribution is -2.52. The highest BCUT2D eigenvalue weighted by Crippen LogP contribution is 2.28. The lowest BCUT2D eigenvalue weighted by Gasteiger charge is -2.37. The second kappa shape index (κ2) is 7.42. The zero-order valence-corrected chi connectivity index (χ0v) is 14.3. The Hall–Kier alpha value is -3.77. The molecule has 0 bridgehead atoms. The third-order valence-corrected chi connectivity index (χ3v) is 4.15. The molecule has 2 aromatic rings. The van der Waals surface area contributed by atoms with Crippen LogP contribution >= 0.6 is 0 Å². The van der Waals surface area contributed by atoms with E-state index in [0.717, 1.165) is 5.56 Å². The van der Waals surface area contributed by atoms with Gasteiger partial charge in [-0.1, -0.05) is 30.3 Å². The molecule has 3 rings (SSSR count). The normalized spacial score (nSPS) is 16.5. The first kappa shape index (κ1) is 17.1. The molecule has 0 saturated heterocycles. The minimum atomic E-state index is -0.854. The minimum Gasteiger partial charge on any atom is -0.357 e. The molecule has 0 radical (unpaired) electrons. The molecule has 0 spiro atoms. The molecule has 6 nitrogen and oxygen atoms in total. The van der Waals surface area contributed by atoms with Crippen molar-refractivity contribution in [2.75, 3.05) is 11.9 Å². The van der Waals surface area contributed by atoms with E-state index in [1.54, 1.807) is 35.4 Å². The number of likely N-dealkylation sites (N-methyl/N-ethyl adjacent to an activating group) is 1. The van der Waals surface area contributed by atoms with E-state index in [4.69, 9.17) is 5.26 Å². The molecule has 0 saturated carbocycles. The highest BCUT2D eigenvalue weighted by molar-refractivity contribution is 5.91. The zero-order valence-electron chi connectivity index (χ0n) is 14.3. The number of carbonyl (C=O) groups excluding carboxylic acids is 1. The van der Waals surface area contributed by atoms with E-state index in [1.165, 1.54) is 4.90 Å². The van der Waals surface area contributed by atoms with Gasteiger partial charge in [-0.2, -0.15) is 10.5 Å². The van der Waals surface area contributed by atoms with Crippen molar-refractivity contribution >= 4 is 17.3 Å². The lowest BCUT2D eigenvalue weighted by atomic mass is 10.1. The molecule has 1 aliphatic heterocycles. The Bertz CT molecular complexity index is 906. The Morgan fingerprint density at radius 1 is 1.08 bits per heavy atom. The van der Waals surface area contributed by atoms with Gasteiger partial charge in [-0.05, 0) is 31.2 Å². The van der Waals surface area contributed by atoms with Gasteiger partial charge in [-0.25, -0.2) is 4.90 Å². The summed E-state index contributed by atoms with van der Waals surface area (Å²) < 4.78 is 0. The van der Waals surface area contributed by atoms with Crippen molar-refractivity contribution in [2.45, 2.75) is 13.1 Å². The highest BCUT2D eigenvalue weighted by atomic mass is 16.2. The fourth-order valence-electron chi connectivity index (χ4n) is 2.79. The Morgan fingerprint density at radius 3 is 2.35 bits per heavy atom. The van der Waals surface area contributed by atoms with Crippen molar-refractivity contribution < 1.29 is 4.79 Å². The number of nitriles is 2.